The van der Waals surface area contributed by atoms with Gasteiger partial charge in [-0.1, -0.05) is 0 Å². The molecule has 7 heteroatoms. The van der Waals surface area contributed by atoms with Crippen LogP contribution < -0.4 is 16.4 Å². The predicted molar refractivity (Wildman–Crippen MR) is 70.0 cm³/mol. The summed E-state index contributed by atoms with van der Waals surface area (Å²) < 4.78 is 2.53. The van der Waals surface area contributed by atoms with Crippen LogP contribution in [0, 0.1) is 0 Å². The van der Waals surface area contributed by atoms with Gasteiger partial charge in [0, 0.05) is 58.6 Å². The Morgan fingerprint density at radius 2 is 1.89 bits per heavy atom. The molecule has 1 aromatic rings. The minimum atomic E-state index is -0.585. The molecule has 0 radical (unpaired) electrons. The summed E-state index contributed by atoms with van der Waals surface area (Å²) >= 11 is 0. The van der Waals surface area contributed by atoms with Crippen LogP contribution in [-0.2, 0) is 18.4 Å². The number of piperazine rings is 1. The predicted octanol–water partition coefficient (Wildman–Crippen LogP) is -1.63. The fraction of sp³-hybridized carbons (Fsp3) is 0.583. The van der Waals surface area contributed by atoms with Gasteiger partial charge >= 0.3 is 11.1 Å². The zero-order chi connectivity index (χ0) is 13.8. The molecule has 1 aliphatic rings. The van der Waals surface area contributed by atoms with Crippen molar-refractivity contribution in [3.8, 4) is 0 Å². The molecule has 0 spiro atoms. The summed E-state index contributed by atoms with van der Waals surface area (Å²) in [5.74, 6) is 0.0223. The molecule has 2 heterocycles. The zero-order valence-electron chi connectivity index (χ0n) is 11.0. The van der Waals surface area contributed by atoms with E-state index in [9.17, 15) is 14.4 Å². The first-order valence-corrected chi connectivity index (χ1v) is 6.34. The lowest BCUT2D eigenvalue weighted by Gasteiger charge is -2.27. The Labute approximate surface area is 110 Å². The maximum Gasteiger partial charge on any atom is 0.316 e. The van der Waals surface area contributed by atoms with Gasteiger partial charge in [0.15, 0.2) is 0 Å². The fourth-order valence-electron chi connectivity index (χ4n) is 2.05. The molecule has 0 aromatic carbocycles. The third-order valence-corrected chi connectivity index (χ3v) is 3.27. The van der Waals surface area contributed by atoms with E-state index in [0.717, 1.165) is 13.1 Å². The van der Waals surface area contributed by atoms with E-state index in [-0.39, 0.29) is 18.9 Å². The van der Waals surface area contributed by atoms with Crippen molar-refractivity contribution in [2.24, 2.45) is 7.05 Å². The van der Waals surface area contributed by atoms with E-state index in [2.05, 4.69) is 5.32 Å². The highest BCUT2D eigenvalue weighted by molar-refractivity contribution is 5.76. The van der Waals surface area contributed by atoms with E-state index in [4.69, 9.17) is 0 Å². The smallest absolute Gasteiger partial charge is 0.316 e. The molecule has 1 N–H and O–H groups in total. The highest BCUT2D eigenvalue weighted by Gasteiger charge is 2.16. The van der Waals surface area contributed by atoms with Crippen molar-refractivity contribution < 1.29 is 4.79 Å². The van der Waals surface area contributed by atoms with E-state index in [0.29, 0.717) is 13.1 Å². The van der Waals surface area contributed by atoms with Gasteiger partial charge in [-0.05, 0) is 0 Å². The summed E-state index contributed by atoms with van der Waals surface area (Å²) in [6, 6.07) is 0. The Bertz CT molecular complexity index is 569. The molecule has 1 saturated heterocycles. The number of hydrogen-bond donors (Lipinski definition) is 1. The molecule has 104 valence electrons. The van der Waals surface area contributed by atoms with E-state index >= 15 is 0 Å². The van der Waals surface area contributed by atoms with Crippen LogP contribution in [0.15, 0.2) is 22.0 Å². The molecule has 1 amide bonds. The Morgan fingerprint density at radius 1 is 1.21 bits per heavy atom. The maximum atomic E-state index is 11.9. The summed E-state index contributed by atoms with van der Waals surface area (Å²) in [6.45, 7) is 3.25. The molecular weight excluding hydrogens is 248 g/mol. The molecule has 0 bridgehead atoms. The Kier molecular flexibility index (Phi) is 4.16. The van der Waals surface area contributed by atoms with Crippen molar-refractivity contribution in [3.05, 3.63) is 33.1 Å². The molecule has 1 fully saturated rings. The molecule has 19 heavy (non-hydrogen) atoms. The number of carbonyl (C=O) groups excluding carboxylic acids is 1. The van der Waals surface area contributed by atoms with E-state index in [1.807, 2.05) is 0 Å². The second-order valence-electron chi connectivity index (χ2n) is 4.59. The zero-order valence-corrected chi connectivity index (χ0v) is 11.0. The minimum absolute atomic E-state index is 0.0223. The summed E-state index contributed by atoms with van der Waals surface area (Å²) in [6.07, 6.45) is 3.31. The molecule has 0 unspecified atom stereocenters. The van der Waals surface area contributed by atoms with Crippen LogP contribution in [0.3, 0.4) is 0 Å². The van der Waals surface area contributed by atoms with Crippen molar-refractivity contribution in [1.29, 1.82) is 0 Å². The number of nitrogens with zero attached hydrogens (tertiary/aromatic N) is 3. The number of hydrogen-bond acceptors (Lipinski definition) is 4. The van der Waals surface area contributed by atoms with Crippen LogP contribution in [0.25, 0.3) is 0 Å². The van der Waals surface area contributed by atoms with Gasteiger partial charge in [0.05, 0.1) is 0 Å². The number of amides is 1. The van der Waals surface area contributed by atoms with Crippen LogP contribution in [0.5, 0.6) is 0 Å². The van der Waals surface area contributed by atoms with Crippen LogP contribution >= 0.6 is 0 Å². The molecule has 7 nitrogen and oxygen atoms in total. The summed E-state index contributed by atoms with van der Waals surface area (Å²) in [5.41, 5.74) is -1.16. The molecule has 0 saturated carbocycles. The third kappa shape index (κ3) is 3.11. The molecule has 0 aliphatic carbocycles. The van der Waals surface area contributed by atoms with Crippen molar-refractivity contribution in [3.63, 3.8) is 0 Å². The quantitative estimate of drug-likeness (QED) is 0.666. The Balaban J connectivity index is 1.99. The summed E-state index contributed by atoms with van der Waals surface area (Å²) in [5, 5.41) is 3.17. The highest BCUT2D eigenvalue weighted by Crippen LogP contribution is 1.98. The lowest BCUT2D eigenvalue weighted by molar-refractivity contribution is -0.132. The first-order chi connectivity index (χ1) is 9.09. The second-order valence-corrected chi connectivity index (χ2v) is 4.59. The molecule has 1 aromatic heterocycles. The van der Waals surface area contributed by atoms with Gasteiger partial charge in [-0.15, -0.1) is 0 Å². The van der Waals surface area contributed by atoms with Crippen LogP contribution in [-0.4, -0.2) is 46.1 Å². The first-order valence-electron chi connectivity index (χ1n) is 6.34. The van der Waals surface area contributed by atoms with Gasteiger partial charge < -0.3 is 19.4 Å². The van der Waals surface area contributed by atoms with Crippen LogP contribution in [0.4, 0.5) is 0 Å². The van der Waals surface area contributed by atoms with E-state index in [1.54, 1.807) is 4.90 Å². The molecule has 0 atom stereocenters. The Morgan fingerprint density at radius 3 is 2.58 bits per heavy atom. The van der Waals surface area contributed by atoms with E-state index < -0.39 is 11.1 Å². The Hall–Kier alpha value is -1.89. The molecule has 2 rings (SSSR count). The van der Waals surface area contributed by atoms with Crippen molar-refractivity contribution in [2.45, 2.75) is 13.0 Å². The number of aryl methyl sites for hydroxylation is 2. The molecule has 1 aliphatic heterocycles. The number of aromatic nitrogens is 2. The fourth-order valence-corrected chi connectivity index (χ4v) is 2.05. The summed E-state index contributed by atoms with van der Waals surface area (Å²) in [4.78, 5) is 36.8. The average molecular weight is 266 g/mol. The SMILES string of the molecule is Cn1ccn(CCC(=O)N2CCNCC2)c(=O)c1=O. The van der Waals surface area contributed by atoms with Gasteiger partial charge in [-0.3, -0.25) is 14.4 Å². The van der Waals surface area contributed by atoms with Gasteiger partial charge in [0.1, 0.15) is 0 Å². The monoisotopic (exact) mass is 266 g/mol. The minimum Gasteiger partial charge on any atom is -0.340 e. The number of rotatable bonds is 3. The topological polar surface area (TPSA) is 76.3 Å². The standard InChI is InChI=1S/C12H18N4O3/c1-14-8-9-16(12(19)11(14)18)5-2-10(17)15-6-3-13-4-7-15/h8-9,13H,2-7H2,1H3. The van der Waals surface area contributed by atoms with Crippen molar-refractivity contribution >= 4 is 5.91 Å². The van der Waals surface area contributed by atoms with Gasteiger partial charge in [-0.25, -0.2) is 0 Å². The largest absolute Gasteiger partial charge is 0.340 e. The average Bonchev–Trinajstić information content (AvgIpc) is 2.45. The lowest BCUT2D eigenvalue weighted by atomic mass is 10.3. The third-order valence-electron chi connectivity index (χ3n) is 3.27. The van der Waals surface area contributed by atoms with Gasteiger partial charge in [0.2, 0.25) is 5.91 Å². The molecular formula is C12H18N4O3. The van der Waals surface area contributed by atoms with Crippen LogP contribution in [0.2, 0.25) is 0 Å². The first kappa shape index (κ1) is 13.5. The van der Waals surface area contributed by atoms with Gasteiger partial charge in [-0.2, -0.15) is 0 Å². The van der Waals surface area contributed by atoms with E-state index in [1.165, 1.54) is 28.6 Å². The highest BCUT2D eigenvalue weighted by atomic mass is 16.2. The number of carbonyl (C=O) groups is 1. The second kappa shape index (κ2) is 5.83. The van der Waals surface area contributed by atoms with Crippen molar-refractivity contribution in [2.75, 3.05) is 26.2 Å². The normalized spacial score (nSPS) is 15.5. The maximum absolute atomic E-state index is 11.9. The van der Waals surface area contributed by atoms with Crippen LogP contribution in [0.1, 0.15) is 6.42 Å². The van der Waals surface area contributed by atoms with Crippen molar-refractivity contribution in [1.82, 2.24) is 19.4 Å². The summed E-state index contributed by atoms with van der Waals surface area (Å²) in [7, 11) is 1.53. The number of nitrogens with one attached hydrogen (secondary N) is 1. The van der Waals surface area contributed by atoms with Gasteiger partial charge in [0.25, 0.3) is 0 Å². The lowest BCUT2D eigenvalue weighted by Crippen LogP contribution is -2.47.